The first-order valence-corrected chi connectivity index (χ1v) is 5.66. The number of aromatic carboxylic acids is 1. The van der Waals surface area contributed by atoms with Gasteiger partial charge in [-0.3, -0.25) is 4.79 Å². The fourth-order valence-electron chi connectivity index (χ4n) is 1.55. The Kier molecular flexibility index (Phi) is 3.61. The number of carbonyl (C=O) groups is 1. The number of nitrogens with zero attached hydrogens (tertiary/aromatic N) is 2. The first kappa shape index (κ1) is 12.8. The lowest BCUT2D eigenvalue weighted by Crippen LogP contribution is -2.31. The van der Waals surface area contributed by atoms with E-state index < -0.39 is 17.1 Å². The number of hydrogen-bond acceptors (Lipinski definition) is 5. The summed E-state index contributed by atoms with van der Waals surface area (Å²) >= 11 is 0. The summed E-state index contributed by atoms with van der Waals surface area (Å²) in [5.74, 6) is -0.891. The lowest BCUT2D eigenvalue weighted by atomic mass is 10.3. The molecule has 0 unspecified atom stereocenters. The molecule has 0 atom stereocenters. The molecule has 0 saturated heterocycles. The summed E-state index contributed by atoms with van der Waals surface area (Å²) in [5, 5.41) is 14.5. The third-order valence-electron chi connectivity index (χ3n) is 2.41. The van der Waals surface area contributed by atoms with Gasteiger partial charge < -0.3 is 14.6 Å². The molecule has 98 valence electrons. The van der Waals surface area contributed by atoms with Crippen LogP contribution in [0.15, 0.2) is 41.3 Å². The Morgan fingerprint density at radius 2 is 2.00 bits per heavy atom. The Hall–Kier alpha value is -2.63. The van der Waals surface area contributed by atoms with Crippen LogP contribution >= 0.6 is 0 Å². The standard InChI is InChI=1S/C13H12N2O4/c1-2-19-10-5-3-9(4-6-10)15-8-7-11(16)12(14-15)13(17)18/h3-8H,2H2,1H3,(H,17,18)/p-1. The van der Waals surface area contributed by atoms with Crippen LogP contribution in [0.25, 0.3) is 5.69 Å². The van der Waals surface area contributed by atoms with Gasteiger partial charge in [0.1, 0.15) is 5.75 Å². The van der Waals surface area contributed by atoms with Crippen molar-refractivity contribution in [3.05, 3.63) is 52.4 Å². The van der Waals surface area contributed by atoms with Gasteiger partial charge in [-0.25, -0.2) is 4.68 Å². The van der Waals surface area contributed by atoms with Crippen molar-refractivity contribution >= 4 is 5.97 Å². The number of aromatic nitrogens is 2. The molecule has 0 fully saturated rings. The third-order valence-corrected chi connectivity index (χ3v) is 2.41. The second-order valence-corrected chi connectivity index (χ2v) is 3.69. The quantitative estimate of drug-likeness (QED) is 0.771. The van der Waals surface area contributed by atoms with Crippen molar-refractivity contribution < 1.29 is 14.6 Å². The maximum absolute atomic E-state index is 11.3. The van der Waals surface area contributed by atoms with Gasteiger partial charge in [0.15, 0.2) is 5.69 Å². The van der Waals surface area contributed by atoms with Gasteiger partial charge in [-0.1, -0.05) is 0 Å². The van der Waals surface area contributed by atoms with Gasteiger partial charge >= 0.3 is 0 Å². The number of ether oxygens (including phenoxy) is 1. The van der Waals surface area contributed by atoms with Crippen LogP contribution in [0, 0.1) is 0 Å². The molecule has 0 aliphatic heterocycles. The molecule has 0 aliphatic carbocycles. The van der Waals surface area contributed by atoms with Crippen LogP contribution in [-0.2, 0) is 0 Å². The van der Waals surface area contributed by atoms with Crippen molar-refractivity contribution in [1.29, 1.82) is 0 Å². The minimum absolute atomic E-state index is 0.560. The molecule has 0 N–H and O–H groups in total. The molecule has 2 rings (SSSR count). The average Bonchev–Trinajstić information content (AvgIpc) is 2.40. The number of carboxylic acid groups (broad SMARTS) is 1. The van der Waals surface area contributed by atoms with Crippen LogP contribution < -0.4 is 15.3 Å². The predicted molar refractivity (Wildman–Crippen MR) is 65.3 cm³/mol. The first-order chi connectivity index (χ1) is 9.11. The largest absolute Gasteiger partial charge is 0.543 e. The Morgan fingerprint density at radius 3 is 2.58 bits per heavy atom. The first-order valence-electron chi connectivity index (χ1n) is 5.66. The van der Waals surface area contributed by atoms with Crippen molar-refractivity contribution in [3.63, 3.8) is 0 Å². The molecule has 0 amide bonds. The Morgan fingerprint density at radius 1 is 1.32 bits per heavy atom. The predicted octanol–water partition coefficient (Wildman–Crippen LogP) is -0.00530. The molecule has 2 aromatic rings. The Labute approximate surface area is 108 Å². The molecule has 6 heteroatoms. The van der Waals surface area contributed by atoms with E-state index in [1.54, 1.807) is 24.3 Å². The molecular weight excluding hydrogens is 248 g/mol. The molecule has 0 bridgehead atoms. The van der Waals surface area contributed by atoms with E-state index in [9.17, 15) is 14.7 Å². The zero-order valence-corrected chi connectivity index (χ0v) is 10.2. The van der Waals surface area contributed by atoms with Gasteiger partial charge in [-0.15, -0.1) is 0 Å². The molecule has 0 radical (unpaired) electrons. The van der Waals surface area contributed by atoms with Crippen LogP contribution in [0.3, 0.4) is 0 Å². The topological polar surface area (TPSA) is 84.2 Å². The lowest BCUT2D eigenvalue weighted by molar-refractivity contribution is -0.255. The molecule has 1 aromatic carbocycles. The number of rotatable bonds is 4. The van der Waals surface area contributed by atoms with Crippen LogP contribution in [0.2, 0.25) is 0 Å². The monoisotopic (exact) mass is 259 g/mol. The van der Waals surface area contributed by atoms with E-state index in [-0.39, 0.29) is 0 Å². The fourth-order valence-corrected chi connectivity index (χ4v) is 1.55. The van der Waals surface area contributed by atoms with Crippen molar-refractivity contribution in [2.75, 3.05) is 6.61 Å². The number of carboxylic acids is 1. The maximum atomic E-state index is 11.3. The van der Waals surface area contributed by atoms with Gasteiger partial charge in [0.25, 0.3) is 0 Å². The fraction of sp³-hybridized carbons (Fsp3) is 0.154. The molecule has 1 heterocycles. The van der Waals surface area contributed by atoms with E-state index in [0.29, 0.717) is 18.0 Å². The van der Waals surface area contributed by atoms with E-state index in [2.05, 4.69) is 5.10 Å². The summed E-state index contributed by atoms with van der Waals surface area (Å²) < 4.78 is 6.59. The Balaban J connectivity index is 2.39. The van der Waals surface area contributed by atoms with Crippen molar-refractivity contribution in [2.45, 2.75) is 6.92 Å². The summed E-state index contributed by atoms with van der Waals surface area (Å²) in [4.78, 5) is 22.0. The van der Waals surface area contributed by atoms with Gasteiger partial charge in [-0.05, 0) is 31.2 Å². The van der Waals surface area contributed by atoms with E-state index in [1.165, 1.54) is 10.9 Å². The van der Waals surface area contributed by atoms with Crippen LogP contribution in [0.5, 0.6) is 5.75 Å². The smallest absolute Gasteiger partial charge is 0.209 e. The molecule has 6 nitrogen and oxygen atoms in total. The highest BCUT2D eigenvalue weighted by Crippen LogP contribution is 2.14. The SMILES string of the molecule is CCOc1ccc(-n2ccc(=O)c(C(=O)[O-])n2)cc1. The molecule has 0 saturated carbocycles. The second-order valence-electron chi connectivity index (χ2n) is 3.69. The number of benzene rings is 1. The minimum Gasteiger partial charge on any atom is -0.543 e. The Bertz CT molecular complexity index is 646. The average molecular weight is 259 g/mol. The highest BCUT2D eigenvalue weighted by atomic mass is 16.5. The van der Waals surface area contributed by atoms with Gasteiger partial charge in [-0.2, -0.15) is 5.10 Å². The molecule has 0 spiro atoms. The lowest BCUT2D eigenvalue weighted by Gasteiger charge is -2.09. The highest BCUT2D eigenvalue weighted by molar-refractivity contribution is 5.82. The van der Waals surface area contributed by atoms with E-state index in [0.717, 1.165) is 6.07 Å². The van der Waals surface area contributed by atoms with Gasteiger partial charge in [0.05, 0.1) is 18.3 Å². The second kappa shape index (κ2) is 5.34. The summed E-state index contributed by atoms with van der Waals surface area (Å²) in [6, 6.07) is 8.02. The normalized spacial score (nSPS) is 10.2. The van der Waals surface area contributed by atoms with Crippen molar-refractivity contribution in [3.8, 4) is 11.4 Å². The minimum atomic E-state index is -1.59. The molecule has 19 heavy (non-hydrogen) atoms. The number of hydrogen-bond donors (Lipinski definition) is 0. The number of carbonyl (C=O) groups excluding carboxylic acids is 1. The summed E-state index contributed by atoms with van der Waals surface area (Å²) in [5.41, 5.74) is -0.676. The summed E-state index contributed by atoms with van der Waals surface area (Å²) in [7, 11) is 0. The zero-order chi connectivity index (χ0) is 13.8. The summed E-state index contributed by atoms with van der Waals surface area (Å²) in [6.45, 7) is 2.44. The van der Waals surface area contributed by atoms with Gasteiger partial charge in [0, 0.05) is 12.3 Å². The third kappa shape index (κ3) is 2.79. The maximum Gasteiger partial charge on any atom is 0.209 e. The molecule has 1 aromatic heterocycles. The highest BCUT2D eigenvalue weighted by Gasteiger charge is 2.04. The summed E-state index contributed by atoms with van der Waals surface area (Å²) in [6.07, 6.45) is 1.39. The molecule has 0 aliphatic rings. The van der Waals surface area contributed by atoms with Crippen molar-refractivity contribution in [1.82, 2.24) is 9.78 Å². The van der Waals surface area contributed by atoms with E-state index >= 15 is 0 Å². The molecular formula is C13H11N2O4-. The van der Waals surface area contributed by atoms with E-state index in [4.69, 9.17) is 4.74 Å². The zero-order valence-electron chi connectivity index (χ0n) is 10.2. The van der Waals surface area contributed by atoms with Crippen LogP contribution in [0.4, 0.5) is 0 Å². The van der Waals surface area contributed by atoms with E-state index in [1.807, 2.05) is 6.92 Å². The van der Waals surface area contributed by atoms with Crippen LogP contribution in [0.1, 0.15) is 17.4 Å². The van der Waals surface area contributed by atoms with Gasteiger partial charge in [0.2, 0.25) is 5.43 Å². The van der Waals surface area contributed by atoms with Crippen LogP contribution in [-0.4, -0.2) is 22.4 Å². The van der Waals surface area contributed by atoms with Crippen molar-refractivity contribution in [2.24, 2.45) is 0 Å².